The van der Waals surface area contributed by atoms with Crippen LogP contribution in [0, 0.1) is 11.8 Å². The van der Waals surface area contributed by atoms with E-state index in [1.165, 1.54) is 11.1 Å². The Morgan fingerprint density at radius 1 is 0.688 bits per heavy atom. The fourth-order valence-corrected chi connectivity index (χ4v) is 3.48. The van der Waals surface area contributed by atoms with Gasteiger partial charge in [0.1, 0.15) is 0 Å². The second-order valence-electron chi connectivity index (χ2n) is 7.53. The second kappa shape index (κ2) is 11.5. The van der Waals surface area contributed by atoms with E-state index in [0.717, 1.165) is 23.1 Å². The van der Waals surface area contributed by atoms with Crippen LogP contribution in [0.15, 0.2) is 127 Å². The van der Waals surface area contributed by atoms with E-state index in [1.54, 1.807) is 0 Å². The zero-order valence-corrected chi connectivity index (χ0v) is 18.0. The minimum atomic E-state index is -0.0476. The van der Waals surface area contributed by atoms with Gasteiger partial charge in [0.2, 0.25) is 0 Å². The highest BCUT2D eigenvalue weighted by atomic mass is 16.5. The molecule has 0 amide bonds. The molecule has 0 aliphatic heterocycles. The van der Waals surface area contributed by atoms with E-state index in [4.69, 9.17) is 4.74 Å². The smallest absolute Gasteiger partial charge is 0.0864 e. The van der Waals surface area contributed by atoms with Crippen LogP contribution in [-0.4, -0.2) is 0 Å². The van der Waals surface area contributed by atoms with E-state index in [9.17, 15) is 0 Å². The summed E-state index contributed by atoms with van der Waals surface area (Å²) in [6.45, 7) is 0.574. The monoisotopic (exact) mass is 414 g/mol. The second-order valence-corrected chi connectivity index (χ2v) is 7.53. The molecule has 0 bridgehead atoms. The average molecular weight is 415 g/mol. The maximum Gasteiger partial charge on any atom is 0.0864 e. The Balaban J connectivity index is 1.60. The summed E-state index contributed by atoms with van der Waals surface area (Å²) < 4.78 is 6.37. The Bertz CT molecular complexity index is 1170. The van der Waals surface area contributed by atoms with E-state index >= 15 is 0 Å². The minimum Gasteiger partial charge on any atom is -0.369 e. The Labute approximate surface area is 191 Å². The molecule has 0 saturated carbocycles. The quantitative estimate of drug-likeness (QED) is 0.285. The molecular formula is C31H26O. The van der Waals surface area contributed by atoms with Gasteiger partial charge >= 0.3 is 0 Å². The van der Waals surface area contributed by atoms with E-state index in [1.807, 2.05) is 72.8 Å². The Morgan fingerprint density at radius 2 is 1.25 bits per heavy atom. The lowest BCUT2D eigenvalue weighted by Crippen LogP contribution is -2.04. The number of hydrogen-bond acceptors (Lipinski definition) is 1. The van der Waals surface area contributed by atoms with E-state index in [0.29, 0.717) is 6.61 Å². The van der Waals surface area contributed by atoms with Gasteiger partial charge < -0.3 is 4.74 Å². The molecule has 0 aliphatic rings. The fourth-order valence-electron chi connectivity index (χ4n) is 3.48. The SMILES string of the molecule is C(#Cc1ccccc1)/C(=C\CC(OCc1ccccc1)c1ccccc1)c1ccccc1. The van der Waals surface area contributed by atoms with E-state index in [2.05, 4.69) is 66.4 Å². The standard InChI is InChI=1S/C31H26O/c1-5-13-26(14-6-1)21-22-29(28-17-9-3-10-18-28)23-24-31(30-19-11-4-12-20-30)32-25-27-15-7-2-8-16-27/h1-20,23,31H,24-25H2/b29-23+. The zero-order chi connectivity index (χ0) is 21.8. The van der Waals surface area contributed by atoms with Crippen molar-refractivity contribution < 1.29 is 4.74 Å². The molecule has 1 atom stereocenters. The molecule has 0 saturated heterocycles. The Kier molecular flexibility index (Phi) is 7.69. The van der Waals surface area contributed by atoms with E-state index < -0.39 is 0 Å². The number of ether oxygens (including phenoxy) is 1. The highest BCUT2D eigenvalue weighted by molar-refractivity contribution is 5.79. The number of allylic oxidation sites excluding steroid dienone is 1. The molecule has 4 rings (SSSR count). The van der Waals surface area contributed by atoms with Crippen LogP contribution < -0.4 is 0 Å². The van der Waals surface area contributed by atoms with Crippen molar-refractivity contribution in [2.24, 2.45) is 0 Å². The van der Waals surface area contributed by atoms with Crippen LogP contribution in [0.25, 0.3) is 5.57 Å². The van der Waals surface area contributed by atoms with Gasteiger partial charge in [0.15, 0.2) is 0 Å². The van der Waals surface area contributed by atoms with Crippen molar-refractivity contribution >= 4 is 5.57 Å². The van der Waals surface area contributed by atoms with Gasteiger partial charge in [-0.2, -0.15) is 0 Å². The average Bonchev–Trinajstić information content (AvgIpc) is 2.88. The largest absolute Gasteiger partial charge is 0.369 e. The van der Waals surface area contributed by atoms with E-state index in [-0.39, 0.29) is 6.10 Å². The third-order valence-corrected chi connectivity index (χ3v) is 5.20. The lowest BCUT2D eigenvalue weighted by Gasteiger charge is -2.17. The van der Waals surface area contributed by atoms with Gasteiger partial charge in [-0.05, 0) is 35.2 Å². The molecular weight excluding hydrogens is 388 g/mol. The normalized spacial score (nSPS) is 11.9. The predicted molar refractivity (Wildman–Crippen MR) is 133 cm³/mol. The molecule has 1 heteroatoms. The summed E-state index contributed by atoms with van der Waals surface area (Å²) in [5.74, 6) is 6.69. The summed E-state index contributed by atoms with van der Waals surface area (Å²) in [5, 5.41) is 0. The van der Waals surface area contributed by atoms with Crippen LogP contribution >= 0.6 is 0 Å². The maximum atomic E-state index is 6.37. The molecule has 0 aromatic heterocycles. The van der Waals surface area contributed by atoms with Crippen molar-refractivity contribution in [3.05, 3.63) is 150 Å². The first kappa shape index (κ1) is 21.4. The first-order valence-corrected chi connectivity index (χ1v) is 10.9. The van der Waals surface area contributed by atoms with Crippen LogP contribution in [0.2, 0.25) is 0 Å². The van der Waals surface area contributed by atoms with Crippen molar-refractivity contribution in [1.29, 1.82) is 0 Å². The van der Waals surface area contributed by atoms with Gasteiger partial charge in [-0.1, -0.05) is 127 Å². The van der Waals surface area contributed by atoms with Crippen LogP contribution in [-0.2, 0) is 11.3 Å². The first-order chi connectivity index (χ1) is 15.9. The van der Waals surface area contributed by atoms with Gasteiger partial charge in [0, 0.05) is 11.1 Å². The Morgan fingerprint density at radius 3 is 1.91 bits per heavy atom. The van der Waals surface area contributed by atoms with Crippen LogP contribution in [0.3, 0.4) is 0 Å². The summed E-state index contributed by atoms with van der Waals surface area (Å²) in [7, 11) is 0. The summed E-state index contributed by atoms with van der Waals surface area (Å²) in [6.07, 6.45) is 2.90. The molecule has 0 radical (unpaired) electrons. The predicted octanol–water partition coefficient (Wildman–Crippen LogP) is 7.47. The lowest BCUT2D eigenvalue weighted by molar-refractivity contribution is 0.0418. The number of hydrogen-bond donors (Lipinski definition) is 0. The van der Waals surface area contributed by atoms with Gasteiger partial charge in [-0.3, -0.25) is 0 Å². The highest BCUT2D eigenvalue weighted by Crippen LogP contribution is 2.26. The molecule has 0 fully saturated rings. The van der Waals surface area contributed by atoms with Gasteiger partial charge in [-0.25, -0.2) is 0 Å². The summed E-state index contributed by atoms with van der Waals surface area (Å²) in [5.41, 5.74) is 5.48. The fraction of sp³-hybridized carbons (Fsp3) is 0.0968. The number of benzene rings is 4. The van der Waals surface area contributed by atoms with Crippen molar-refractivity contribution in [2.45, 2.75) is 19.1 Å². The summed E-state index contributed by atoms with van der Waals surface area (Å²) >= 11 is 0. The summed E-state index contributed by atoms with van der Waals surface area (Å²) in [4.78, 5) is 0. The van der Waals surface area contributed by atoms with Crippen LogP contribution in [0.5, 0.6) is 0 Å². The van der Waals surface area contributed by atoms with Gasteiger partial charge in [-0.15, -0.1) is 0 Å². The third kappa shape index (κ3) is 6.32. The topological polar surface area (TPSA) is 9.23 Å². The Hall–Kier alpha value is -3.86. The van der Waals surface area contributed by atoms with Crippen molar-refractivity contribution in [1.82, 2.24) is 0 Å². The number of rotatable bonds is 7. The molecule has 32 heavy (non-hydrogen) atoms. The summed E-state index contributed by atoms with van der Waals surface area (Å²) in [6, 6.07) is 41.2. The molecule has 0 heterocycles. The van der Waals surface area contributed by atoms with Crippen molar-refractivity contribution in [3.8, 4) is 11.8 Å². The molecule has 1 nitrogen and oxygen atoms in total. The molecule has 1 unspecified atom stereocenters. The lowest BCUT2D eigenvalue weighted by atomic mass is 10.0. The highest BCUT2D eigenvalue weighted by Gasteiger charge is 2.12. The maximum absolute atomic E-state index is 6.37. The van der Waals surface area contributed by atoms with Crippen LogP contribution in [0.4, 0.5) is 0 Å². The molecule has 0 N–H and O–H groups in total. The molecule has 0 spiro atoms. The van der Waals surface area contributed by atoms with Crippen LogP contribution in [0.1, 0.15) is 34.8 Å². The van der Waals surface area contributed by atoms with Crippen molar-refractivity contribution in [2.75, 3.05) is 0 Å². The van der Waals surface area contributed by atoms with Gasteiger partial charge in [0.25, 0.3) is 0 Å². The molecule has 0 aliphatic carbocycles. The van der Waals surface area contributed by atoms with Crippen molar-refractivity contribution in [3.63, 3.8) is 0 Å². The zero-order valence-electron chi connectivity index (χ0n) is 18.0. The minimum absolute atomic E-state index is 0.0476. The molecule has 4 aromatic carbocycles. The third-order valence-electron chi connectivity index (χ3n) is 5.20. The first-order valence-electron chi connectivity index (χ1n) is 10.9. The van der Waals surface area contributed by atoms with Gasteiger partial charge in [0.05, 0.1) is 12.7 Å². The molecule has 4 aromatic rings. The molecule has 156 valence electrons.